The second kappa shape index (κ2) is 9.78. The van der Waals surface area contributed by atoms with Crippen molar-refractivity contribution in [2.75, 3.05) is 13.2 Å². The van der Waals surface area contributed by atoms with Crippen LogP contribution in [0.15, 0.2) is 53.3 Å². The molecule has 1 N–H and O–H groups in total. The first-order valence-corrected chi connectivity index (χ1v) is 9.56. The third-order valence-corrected chi connectivity index (χ3v) is 4.67. The Hall–Kier alpha value is -3.55. The maximum atomic E-state index is 13.5. The van der Waals surface area contributed by atoms with Crippen molar-refractivity contribution in [2.45, 2.75) is 19.3 Å². The van der Waals surface area contributed by atoms with Gasteiger partial charge >= 0.3 is 5.97 Å². The zero-order valence-corrected chi connectivity index (χ0v) is 16.6. The fourth-order valence-electron chi connectivity index (χ4n) is 3.01. The van der Waals surface area contributed by atoms with E-state index < -0.39 is 18.5 Å². The number of benzene rings is 2. The summed E-state index contributed by atoms with van der Waals surface area (Å²) in [5.41, 5.74) is 0.889. The van der Waals surface area contributed by atoms with Gasteiger partial charge in [-0.05, 0) is 30.2 Å². The summed E-state index contributed by atoms with van der Waals surface area (Å²) < 4.78 is 19.9. The predicted molar refractivity (Wildman–Crippen MR) is 109 cm³/mol. The molecule has 0 atom stereocenters. The van der Waals surface area contributed by atoms with Gasteiger partial charge in [0.05, 0.1) is 17.3 Å². The summed E-state index contributed by atoms with van der Waals surface area (Å²) in [4.78, 5) is 40.5. The van der Waals surface area contributed by atoms with Gasteiger partial charge in [-0.3, -0.25) is 19.0 Å². The van der Waals surface area contributed by atoms with Gasteiger partial charge in [-0.2, -0.15) is 0 Å². The molecule has 156 valence electrons. The van der Waals surface area contributed by atoms with Gasteiger partial charge in [0.15, 0.2) is 6.61 Å². The van der Waals surface area contributed by atoms with Crippen molar-refractivity contribution in [2.24, 2.45) is 7.05 Å². The SMILES string of the molecule is Cn1c(CCC(=O)OCC(=O)NCCc2ccccc2F)nc2ccccc2c1=O. The lowest BCUT2D eigenvalue weighted by Gasteiger charge is -2.09. The zero-order chi connectivity index (χ0) is 21.5. The molecule has 1 heterocycles. The van der Waals surface area contributed by atoms with E-state index in [0.29, 0.717) is 28.7 Å². The molecule has 2 aromatic carbocycles. The van der Waals surface area contributed by atoms with Gasteiger partial charge in [0.2, 0.25) is 0 Å². The van der Waals surface area contributed by atoms with Crippen molar-refractivity contribution in [3.05, 3.63) is 76.1 Å². The molecule has 1 amide bonds. The Labute approximate surface area is 172 Å². The molecule has 3 aromatic rings. The van der Waals surface area contributed by atoms with Gasteiger partial charge in [0, 0.05) is 20.0 Å². The van der Waals surface area contributed by atoms with E-state index in [0.717, 1.165) is 0 Å². The number of esters is 1. The smallest absolute Gasteiger partial charge is 0.306 e. The molecule has 0 unspecified atom stereocenters. The molecule has 0 aliphatic carbocycles. The lowest BCUT2D eigenvalue weighted by Crippen LogP contribution is -2.30. The summed E-state index contributed by atoms with van der Waals surface area (Å²) in [5.74, 6) is -0.891. The van der Waals surface area contributed by atoms with Gasteiger partial charge in [0.1, 0.15) is 11.6 Å². The molecular weight excluding hydrogens is 389 g/mol. The van der Waals surface area contributed by atoms with E-state index in [1.807, 2.05) is 0 Å². The van der Waals surface area contributed by atoms with Gasteiger partial charge in [-0.25, -0.2) is 9.37 Å². The lowest BCUT2D eigenvalue weighted by atomic mass is 10.1. The average molecular weight is 411 g/mol. The minimum atomic E-state index is -0.568. The molecule has 0 aliphatic rings. The quantitative estimate of drug-likeness (QED) is 0.572. The van der Waals surface area contributed by atoms with E-state index in [-0.39, 0.29) is 30.8 Å². The van der Waals surface area contributed by atoms with Gasteiger partial charge < -0.3 is 10.1 Å². The van der Waals surface area contributed by atoms with Gasteiger partial charge in [0.25, 0.3) is 11.5 Å². The molecule has 7 nitrogen and oxygen atoms in total. The van der Waals surface area contributed by atoms with Crippen LogP contribution in [0.3, 0.4) is 0 Å². The Kier molecular flexibility index (Phi) is 6.90. The summed E-state index contributed by atoms with van der Waals surface area (Å²) in [6, 6.07) is 13.3. The minimum Gasteiger partial charge on any atom is -0.456 e. The van der Waals surface area contributed by atoms with Crippen LogP contribution >= 0.6 is 0 Å². The number of nitrogens with zero attached hydrogens (tertiary/aromatic N) is 2. The third kappa shape index (κ3) is 5.28. The number of rotatable bonds is 8. The molecule has 1 aromatic heterocycles. The Morgan fingerprint density at radius 1 is 1.10 bits per heavy atom. The molecule has 30 heavy (non-hydrogen) atoms. The van der Waals surface area contributed by atoms with Gasteiger partial charge in [-0.15, -0.1) is 0 Å². The molecule has 0 fully saturated rings. The first-order valence-electron chi connectivity index (χ1n) is 9.56. The van der Waals surface area contributed by atoms with Crippen LogP contribution in [0.25, 0.3) is 10.9 Å². The molecule has 8 heteroatoms. The minimum absolute atomic E-state index is 0.0128. The van der Waals surface area contributed by atoms with Crippen molar-refractivity contribution in [1.29, 1.82) is 0 Å². The van der Waals surface area contributed by atoms with Crippen molar-refractivity contribution >= 4 is 22.8 Å². The highest BCUT2D eigenvalue weighted by atomic mass is 19.1. The highest BCUT2D eigenvalue weighted by Gasteiger charge is 2.12. The fraction of sp³-hybridized carbons (Fsp3) is 0.273. The monoisotopic (exact) mass is 411 g/mol. The van der Waals surface area contributed by atoms with Crippen molar-refractivity contribution in [3.63, 3.8) is 0 Å². The summed E-state index contributed by atoms with van der Waals surface area (Å²) >= 11 is 0. The Morgan fingerprint density at radius 2 is 1.83 bits per heavy atom. The first-order chi connectivity index (χ1) is 14.5. The predicted octanol–water partition coefficient (Wildman–Crippen LogP) is 1.91. The number of hydrogen-bond acceptors (Lipinski definition) is 5. The number of ether oxygens (including phenoxy) is 1. The summed E-state index contributed by atoms with van der Waals surface area (Å²) in [7, 11) is 1.60. The molecule has 0 aliphatic heterocycles. The first kappa shape index (κ1) is 21.2. The molecule has 0 saturated carbocycles. The summed E-state index contributed by atoms with van der Waals surface area (Å²) in [5, 5.41) is 3.10. The number of carbonyl (C=O) groups is 2. The Bertz CT molecular complexity index is 1130. The molecule has 3 rings (SSSR count). The number of carbonyl (C=O) groups excluding carboxylic acids is 2. The van der Waals surface area contributed by atoms with Crippen LogP contribution in [0.4, 0.5) is 4.39 Å². The molecule has 0 saturated heterocycles. The van der Waals surface area contributed by atoms with E-state index in [4.69, 9.17) is 4.74 Å². The van der Waals surface area contributed by atoms with Crippen LogP contribution in [0.5, 0.6) is 0 Å². The van der Waals surface area contributed by atoms with Crippen molar-refractivity contribution < 1.29 is 18.7 Å². The number of aromatic nitrogens is 2. The number of halogens is 1. The molecular formula is C22H22FN3O4. The Morgan fingerprint density at radius 3 is 2.63 bits per heavy atom. The summed E-state index contributed by atoms with van der Waals surface area (Å²) in [6.07, 6.45) is 0.541. The number of para-hydroxylation sites is 1. The van der Waals surface area contributed by atoms with Crippen LogP contribution in [0.1, 0.15) is 17.8 Å². The normalized spacial score (nSPS) is 10.7. The second-order valence-electron chi connectivity index (χ2n) is 6.76. The van der Waals surface area contributed by atoms with Crippen LogP contribution < -0.4 is 10.9 Å². The van der Waals surface area contributed by atoms with Crippen molar-refractivity contribution in [1.82, 2.24) is 14.9 Å². The maximum absolute atomic E-state index is 13.5. The molecule has 0 bridgehead atoms. The van der Waals surface area contributed by atoms with E-state index in [2.05, 4.69) is 10.3 Å². The van der Waals surface area contributed by atoms with Crippen molar-refractivity contribution in [3.8, 4) is 0 Å². The Balaban J connectivity index is 1.44. The number of nitrogens with one attached hydrogen (secondary N) is 1. The van der Waals surface area contributed by atoms with Crippen LogP contribution in [0.2, 0.25) is 0 Å². The molecule has 0 spiro atoms. The highest BCUT2D eigenvalue weighted by Crippen LogP contribution is 2.09. The largest absolute Gasteiger partial charge is 0.456 e. The number of aryl methyl sites for hydroxylation is 1. The number of amides is 1. The number of fused-ring (bicyclic) bond motifs is 1. The topological polar surface area (TPSA) is 90.3 Å². The average Bonchev–Trinajstić information content (AvgIpc) is 2.75. The zero-order valence-electron chi connectivity index (χ0n) is 16.6. The summed E-state index contributed by atoms with van der Waals surface area (Å²) in [6.45, 7) is -0.180. The fourth-order valence-corrected chi connectivity index (χ4v) is 3.01. The van der Waals surface area contributed by atoms with E-state index in [1.54, 1.807) is 49.5 Å². The highest BCUT2D eigenvalue weighted by molar-refractivity contribution is 5.80. The number of hydrogen-bond donors (Lipinski definition) is 1. The van der Waals surface area contributed by atoms with Crippen LogP contribution in [-0.2, 0) is 34.2 Å². The van der Waals surface area contributed by atoms with E-state index in [9.17, 15) is 18.8 Å². The van der Waals surface area contributed by atoms with Crippen LogP contribution in [0, 0.1) is 5.82 Å². The van der Waals surface area contributed by atoms with Gasteiger partial charge in [-0.1, -0.05) is 30.3 Å². The van der Waals surface area contributed by atoms with E-state index in [1.165, 1.54) is 10.6 Å². The second-order valence-corrected chi connectivity index (χ2v) is 6.76. The van der Waals surface area contributed by atoms with Crippen LogP contribution in [-0.4, -0.2) is 34.6 Å². The maximum Gasteiger partial charge on any atom is 0.306 e. The third-order valence-electron chi connectivity index (χ3n) is 4.67. The standard InChI is InChI=1S/C22H22FN3O4/c1-26-19(25-18-9-5-3-7-16(18)22(26)29)10-11-21(28)30-14-20(27)24-13-12-15-6-2-4-8-17(15)23/h2-9H,10-14H2,1H3,(H,24,27). The van der Waals surface area contributed by atoms with E-state index >= 15 is 0 Å². The molecule has 0 radical (unpaired) electrons. The lowest BCUT2D eigenvalue weighted by molar-refractivity contribution is -0.148.